The summed E-state index contributed by atoms with van der Waals surface area (Å²) in [4.78, 5) is 0. The molecule has 1 aromatic rings. The van der Waals surface area contributed by atoms with E-state index in [9.17, 15) is 4.39 Å². The molecule has 0 aliphatic heterocycles. The van der Waals surface area contributed by atoms with Crippen molar-refractivity contribution in [3.05, 3.63) is 35.6 Å². The molecule has 0 amide bonds. The molecule has 0 saturated carbocycles. The van der Waals surface area contributed by atoms with Crippen LogP contribution in [-0.4, -0.2) is 0 Å². The van der Waals surface area contributed by atoms with Gasteiger partial charge < -0.3 is 0 Å². The van der Waals surface area contributed by atoms with E-state index in [0.717, 1.165) is 9.49 Å². The summed E-state index contributed by atoms with van der Waals surface area (Å²) in [5.74, 6) is -0.156. The van der Waals surface area contributed by atoms with Crippen molar-refractivity contribution >= 4 is 8.25 Å². The number of benzene rings is 1. The van der Waals surface area contributed by atoms with E-state index < -0.39 is 23.3 Å². The number of hydrogen-bond acceptors (Lipinski definition) is 0. The number of rotatable bonds is 2. The second-order valence-corrected chi connectivity index (χ2v) is 8.80. The van der Waals surface area contributed by atoms with Crippen LogP contribution in [-0.2, 0) is 27.3 Å². The van der Waals surface area contributed by atoms with Gasteiger partial charge in [-0.25, -0.2) is 0 Å². The predicted octanol–water partition coefficient (Wildman–Crippen LogP) is 2.56. The molecule has 1 aromatic carbocycles. The van der Waals surface area contributed by atoms with Gasteiger partial charge in [-0.3, -0.25) is 0 Å². The zero-order chi connectivity index (χ0) is 7.40. The summed E-state index contributed by atoms with van der Waals surface area (Å²) in [6.07, 6.45) is 0. The molecular weight excluding hydrogens is 339 g/mol. The molecule has 0 unspecified atom stereocenters. The van der Waals surface area contributed by atoms with Gasteiger partial charge in [-0.1, -0.05) is 0 Å². The molecule has 0 aromatic heterocycles. The minimum absolute atomic E-state index is 0.156. The van der Waals surface area contributed by atoms with Gasteiger partial charge in [0, 0.05) is 0 Å². The Morgan fingerprint density at radius 2 is 2.30 bits per heavy atom. The van der Waals surface area contributed by atoms with Crippen molar-refractivity contribution in [2.24, 2.45) is 0 Å². The third-order valence-corrected chi connectivity index (χ3v) is 5.91. The van der Waals surface area contributed by atoms with E-state index in [1.165, 1.54) is 6.07 Å². The second kappa shape index (κ2) is 4.29. The van der Waals surface area contributed by atoms with Crippen LogP contribution < -0.4 is 0 Å². The molecule has 0 nitrogen and oxygen atoms in total. The molecule has 0 bridgehead atoms. The van der Waals surface area contributed by atoms with Crippen molar-refractivity contribution in [3.8, 4) is 0 Å². The summed E-state index contributed by atoms with van der Waals surface area (Å²) in [6.45, 7) is 0. The van der Waals surface area contributed by atoms with E-state index in [0.29, 0.717) is 0 Å². The Balaban J connectivity index is 2.75. The number of hydrogen-bond donors (Lipinski definition) is 0. The Labute approximate surface area is 75.3 Å². The van der Waals surface area contributed by atoms with Crippen LogP contribution in [0.2, 0.25) is 0 Å². The Morgan fingerprint density at radius 3 is 2.90 bits per heavy atom. The molecular formula is C7H6ClFHg. The van der Waals surface area contributed by atoms with Gasteiger partial charge in [0.25, 0.3) is 0 Å². The van der Waals surface area contributed by atoms with E-state index >= 15 is 0 Å². The van der Waals surface area contributed by atoms with Crippen LogP contribution in [0.15, 0.2) is 24.3 Å². The zero-order valence-corrected chi connectivity index (χ0v) is 11.7. The summed E-state index contributed by atoms with van der Waals surface area (Å²) in [5, 5.41) is 0. The summed E-state index contributed by atoms with van der Waals surface area (Å²) >= 11 is -1.12. The molecule has 0 heterocycles. The van der Waals surface area contributed by atoms with Gasteiger partial charge in [0.2, 0.25) is 0 Å². The molecule has 0 aliphatic carbocycles. The van der Waals surface area contributed by atoms with E-state index in [1.807, 2.05) is 6.07 Å². The second-order valence-electron chi connectivity index (χ2n) is 2.07. The van der Waals surface area contributed by atoms with Crippen LogP contribution in [0.3, 0.4) is 0 Å². The first-order valence-electron chi connectivity index (χ1n) is 3.13. The van der Waals surface area contributed by atoms with Crippen molar-refractivity contribution in [1.82, 2.24) is 0 Å². The molecule has 50 valence electrons. The summed E-state index contributed by atoms with van der Waals surface area (Å²) in [7, 11) is 5.69. The summed E-state index contributed by atoms with van der Waals surface area (Å²) in [6, 6.07) is 6.66. The standard InChI is InChI=1S/C7H6F.ClH.Hg/c1-6-3-2-4-7(8)5-6;;/h2-5H,1H2;1H;/q;;+1/p-1. The molecule has 0 radical (unpaired) electrons. The zero-order valence-electron chi connectivity index (χ0n) is 5.48. The van der Waals surface area contributed by atoms with Crippen molar-refractivity contribution in [3.63, 3.8) is 0 Å². The van der Waals surface area contributed by atoms with E-state index in [1.54, 1.807) is 12.1 Å². The fourth-order valence-electron chi connectivity index (χ4n) is 0.802. The van der Waals surface area contributed by atoms with Crippen LogP contribution in [0.4, 0.5) is 4.39 Å². The molecule has 1 rings (SSSR count). The Hall–Kier alpha value is 0.375. The van der Waals surface area contributed by atoms with E-state index in [-0.39, 0.29) is 5.82 Å². The molecule has 0 atom stereocenters. The van der Waals surface area contributed by atoms with Crippen molar-refractivity contribution < 1.29 is 27.7 Å². The van der Waals surface area contributed by atoms with E-state index in [2.05, 4.69) is 0 Å². The summed E-state index contributed by atoms with van der Waals surface area (Å²) in [5.41, 5.74) is 1.05. The van der Waals surface area contributed by atoms with Crippen molar-refractivity contribution in [2.45, 2.75) is 3.93 Å². The minimum atomic E-state index is -1.12. The van der Waals surface area contributed by atoms with Gasteiger partial charge in [0.1, 0.15) is 0 Å². The van der Waals surface area contributed by atoms with Crippen LogP contribution >= 0.6 is 8.25 Å². The van der Waals surface area contributed by atoms with E-state index in [4.69, 9.17) is 8.25 Å². The monoisotopic (exact) mass is 346 g/mol. The molecule has 0 N–H and O–H groups in total. The molecule has 0 spiro atoms. The van der Waals surface area contributed by atoms with Gasteiger partial charge in [-0.15, -0.1) is 0 Å². The first-order chi connectivity index (χ1) is 4.83. The van der Waals surface area contributed by atoms with Gasteiger partial charge >= 0.3 is 75.6 Å². The van der Waals surface area contributed by atoms with Crippen LogP contribution in [0.25, 0.3) is 0 Å². The maximum absolute atomic E-state index is 12.5. The Kier molecular flexibility index (Phi) is 3.64. The molecule has 0 aliphatic rings. The Bertz CT molecular complexity index is 215. The fraction of sp³-hybridized carbons (Fsp3) is 0.143. The van der Waals surface area contributed by atoms with Gasteiger partial charge in [0.05, 0.1) is 0 Å². The predicted molar refractivity (Wildman–Crippen MR) is 36.0 cm³/mol. The van der Waals surface area contributed by atoms with Gasteiger partial charge in [-0.05, 0) is 0 Å². The topological polar surface area (TPSA) is 0 Å². The average Bonchev–Trinajstić information content (AvgIpc) is 1.88. The molecule has 0 saturated heterocycles. The molecule has 10 heavy (non-hydrogen) atoms. The van der Waals surface area contributed by atoms with Gasteiger partial charge in [0.15, 0.2) is 0 Å². The molecule has 0 fully saturated rings. The first kappa shape index (κ1) is 8.47. The first-order valence-corrected chi connectivity index (χ1v) is 13.8. The quantitative estimate of drug-likeness (QED) is 0.723. The third kappa shape index (κ3) is 2.55. The van der Waals surface area contributed by atoms with Crippen LogP contribution in [0, 0.1) is 5.82 Å². The van der Waals surface area contributed by atoms with Crippen LogP contribution in [0.5, 0.6) is 0 Å². The van der Waals surface area contributed by atoms with Crippen LogP contribution in [0.1, 0.15) is 5.56 Å². The SMILES string of the molecule is Fc1cccc([CH2][Hg][Cl])c1. The normalized spacial score (nSPS) is 9.00. The average molecular weight is 345 g/mol. The van der Waals surface area contributed by atoms with Gasteiger partial charge in [-0.2, -0.15) is 0 Å². The molecule has 3 heteroatoms. The van der Waals surface area contributed by atoms with Crippen molar-refractivity contribution in [2.75, 3.05) is 0 Å². The Morgan fingerprint density at radius 1 is 1.50 bits per heavy atom. The maximum atomic E-state index is 12.5. The number of halogens is 2. The fourth-order valence-corrected chi connectivity index (χ4v) is 4.77. The van der Waals surface area contributed by atoms with Crippen molar-refractivity contribution in [1.29, 1.82) is 0 Å². The third-order valence-electron chi connectivity index (χ3n) is 1.27. The summed E-state index contributed by atoms with van der Waals surface area (Å²) < 4.78 is 13.4.